The highest BCUT2D eigenvalue weighted by atomic mass is 16.5. The van der Waals surface area contributed by atoms with Crippen LogP contribution in [0.3, 0.4) is 0 Å². The lowest BCUT2D eigenvalue weighted by Gasteiger charge is -2.26. The molecule has 0 amide bonds. The second-order valence-corrected chi connectivity index (χ2v) is 6.66. The highest BCUT2D eigenvalue weighted by Crippen LogP contribution is 2.41. The Kier molecular flexibility index (Phi) is 3.95. The van der Waals surface area contributed by atoms with E-state index in [2.05, 4.69) is 55.4 Å². The zero-order chi connectivity index (χ0) is 16.5. The highest BCUT2D eigenvalue weighted by molar-refractivity contribution is 6.29. The van der Waals surface area contributed by atoms with Crippen molar-refractivity contribution in [2.24, 2.45) is 4.99 Å². The van der Waals surface area contributed by atoms with Gasteiger partial charge in [0.25, 0.3) is 0 Å². The molecule has 0 saturated heterocycles. The Morgan fingerprint density at radius 3 is 2.75 bits per heavy atom. The average molecular weight is 318 g/mol. The molecule has 1 heterocycles. The fourth-order valence-electron chi connectivity index (χ4n) is 3.37. The van der Waals surface area contributed by atoms with Crippen LogP contribution in [0.2, 0.25) is 0 Å². The van der Waals surface area contributed by atoms with E-state index in [4.69, 9.17) is 9.73 Å². The van der Waals surface area contributed by atoms with Crippen molar-refractivity contribution in [3.8, 4) is 5.75 Å². The normalized spacial score (nSPS) is 18.7. The van der Waals surface area contributed by atoms with Gasteiger partial charge in [0.05, 0.1) is 5.69 Å². The maximum Gasteiger partial charge on any atom is 0.122 e. The highest BCUT2D eigenvalue weighted by Gasteiger charge is 2.27. The molecule has 0 N–H and O–H groups in total. The Hall–Kier alpha value is -2.39. The summed E-state index contributed by atoms with van der Waals surface area (Å²) in [6.07, 6.45) is 4.54. The molecule has 24 heavy (non-hydrogen) atoms. The van der Waals surface area contributed by atoms with Crippen molar-refractivity contribution in [3.63, 3.8) is 0 Å². The van der Waals surface area contributed by atoms with Gasteiger partial charge in [-0.1, -0.05) is 36.4 Å². The van der Waals surface area contributed by atoms with Crippen LogP contribution in [0.4, 0.5) is 5.69 Å². The number of hydrogen-bond acceptors (Lipinski definition) is 3. The zero-order valence-corrected chi connectivity index (χ0v) is 14.2. The first-order valence-corrected chi connectivity index (χ1v) is 8.48. The van der Waals surface area contributed by atoms with Crippen LogP contribution in [0.5, 0.6) is 5.75 Å². The summed E-state index contributed by atoms with van der Waals surface area (Å²) >= 11 is 0. The Morgan fingerprint density at radius 1 is 1.12 bits per heavy atom. The van der Waals surface area contributed by atoms with E-state index < -0.39 is 0 Å². The van der Waals surface area contributed by atoms with Gasteiger partial charge < -0.3 is 9.64 Å². The van der Waals surface area contributed by atoms with Gasteiger partial charge in [0.2, 0.25) is 0 Å². The third kappa shape index (κ3) is 2.87. The van der Waals surface area contributed by atoms with Gasteiger partial charge in [0.1, 0.15) is 12.4 Å². The maximum atomic E-state index is 5.93. The van der Waals surface area contributed by atoms with Gasteiger partial charge in [0.15, 0.2) is 0 Å². The quantitative estimate of drug-likeness (QED) is 0.831. The molecule has 1 atom stereocenters. The second kappa shape index (κ2) is 6.25. The van der Waals surface area contributed by atoms with Gasteiger partial charge in [-0.05, 0) is 44.6 Å². The van der Waals surface area contributed by atoms with Crippen LogP contribution in [-0.2, 0) is 6.61 Å². The first kappa shape index (κ1) is 15.2. The van der Waals surface area contributed by atoms with Crippen LogP contribution in [0.15, 0.2) is 59.6 Å². The topological polar surface area (TPSA) is 24.8 Å². The van der Waals surface area contributed by atoms with E-state index in [1.165, 1.54) is 22.4 Å². The second-order valence-electron chi connectivity index (χ2n) is 6.66. The van der Waals surface area contributed by atoms with E-state index in [-0.39, 0.29) is 0 Å². The van der Waals surface area contributed by atoms with Crippen LogP contribution in [-0.4, -0.2) is 30.7 Å². The number of aliphatic imine (C=N–C) groups is 1. The van der Waals surface area contributed by atoms with E-state index in [1.807, 2.05) is 18.2 Å². The number of allylic oxidation sites excluding steroid dienone is 1. The van der Waals surface area contributed by atoms with Gasteiger partial charge in [0, 0.05) is 29.0 Å². The van der Waals surface area contributed by atoms with Crippen molar-refractivity contribution in [2.45, 2.75) is 25.5 Å². The fourth-order valence-corrected chi connectivity index (χ4v) is 3.37. The van der Waals surface area contributed by atoms with Crippen LogP contribution >= 0.6 is 0 Å². The van der Waals surface area contributed by atoms with Crippen LogP contribution in [0, 0.1) is 0 Å². The van der Waals surface area contributed by atoms with Gasteiger partial charge in [-0.2, -0.15) is 0 Å². The summed E-state index contributed by atoms with van der Waals surface area (Å²) in [6.45, 7) is 0.585. The maximum absolute atomic E-state index is 5.93. The molecule has 4 rings (SSSR count). The number of rotatable bonds is 4. The Balaban J connectivity index is 1.55. The SMILES string of the molecule is CN(C)C1C=C2C(=Nc3cc(OCc4ccccc4)ccc32)CC1. The minimum Gasteiger partial charge on any atom is -0.489 e. The van der Waals surface area contributed by atoms with Crippen LogP contribution < -0.4 is 4.74 Å². The summed E-state index contributed by atoms with van der Waals surface area (Å²) in [5.74, 6) is 0.880. The van der Waals surface area contributed by atoms with Crippen molar-refractivity contribution >= 4 is 17.0 Å². The molecule has 0 aromatic heterocycles. The molecular weight excluding hydrogens is 296 g/mol. The lowest BCUT2D eigenvalue weighted by molar-refractivity contribution is 0.306. The van der Waals surface area contributed by atoms with Crippen molar-refractivity contribution in [3.05, 3.63) is 65.7 Å². The average Bonchev–Trinajstić information content (AvgIpc) is 2.97. The third-order valence-corrected chi connectivity index (χ3v) is 4.77. The molecule has 1 unspecified atom stereocenters. The van der Waals surface area contributed by atoms with Crippen molar-refractivity contribution < 1.29 is 4.74 Å². The number of fused-ring (bicyclic) bond motifs is 3. The number of nitrogens with zero attached hydrogens (tertiary/aromatic N) is 2. The molecule has 1 aliphatic carbocycles. The summed E-state index contributed by atoms with van der Waals surface area (Å²) in [4.78, 5) is 7.11. The molecule has 0 fully saturated rings. The molecule has 122 valence electrons. The number of ether oxygens (including phenoxy) is 1. The molecule has 3 nitrogen and oxygen atoms in total. The van der Waals surface area contributed by atoms with Crippen LogP contribution in [0.1, 0.15) is 24.0 Å². The first-order valence-electron chi connectivity index (χ1n) is 8.48. The predicted octanol–water partition coefficient (Wildman–Crippen LogP) is 4.46. The van der Waals surface area contributed by atoms with Crippen molar-refractivity contribution in [1.29, 1.82) is 0 Å². The molecule has 2 aliphatic rings. The summed E-state index contributed by atoms with van der Waals surface area (Å²) in [5, 5.41) is 0. The lowest BCUT2D eigenvalue weighted by Crippen LogP contribution is -2.29. The number of benzene rings is 2. The standard InChI is InChI=1S/C21H22N2O/c1-23(2)16-8-11-20-19(12-16)18-10-9-17(13-21(18)22-20)24-14-15-6-4-3-5-7-15/h3-7,9-10,12-13,16H,8,11,14H2,1-2H3. The van der Waals surface area contributed by atoms with E-state index >= 15 is 0 Å². The fraction of sp³-hybridized carbons (Fsp3) is 0.286. The third-order valence-electron chi connectivity index (χ3n) is 4.77. The summed E-state index contributed by atoms with van der Waals surface area (Å²) < 4.78 is 5.93. The van der Waals surface area contributed by atoms with Crippen molar-refractivity contribution in [2.75, 3.05) is 14.1 Å². The van der Waals surface area contributed by atoms with E-state index in [1.54, 1.807) is 0 Å². The molecule has 2 aromatic carbocycles. The van der Waals surface area contributed by atoms with Gasteiger partial charge in [-0.15, -0.1) is 0 Å². The molecule has 0 spiro atoms. The monoisotopic (exact) mass is 318 g/mol. The van der Waals surface area contributed by atoms with Gasteiger partial charge in [-0.3, -0.25) is 4.99 Å². The Labute approximate surface area is 143 Å². The van der Waals surface area contributed by atoms with E-state index in [0.717, 1.165) is 24.3 Å². The molecule has 0 radical (unpaired) electrons. The Bertz CT molecular complexity index is 806. The largest absolute Gasteiger partial charge is 0.489 e. The summed E-state index contributed by atoms with van der Waals surface area (Å²) in [6, 6.07) is 17.0. The van der Waals surface area contributed by atoms with Gasteiger partial charge in [-0.25, -0.2) is 0 Å². The molecular formula is C21H22N2O. The molecule has 0 bridgehead atoms. The number of hydrogen-bond donors (Lipinski definition) is 0. The molecule has 3 heteroatoms. The smallest absolute Gasteiger partial charge is 0.122 e. The minimum absolute atomic E-state index is 0.499. The van der Waals surface area contributed by atoms with E-state index in [0.29, 0.717) is 12.6 Å². The summed E-state index contributed by atoms with van der Waals surface area (Å²) in [5.41, 5.74) is 5.99. The minimum atomic E-state index is 0.499. The van der Waals surface area contributed by atoms with Crippen molar-refractivity contribution in [1.82, 2.24) is 4.90 Å². The molecule has 2 aromatic rings. The summed E-state index contributed by atoms with van der Waals surface area (Å²) in [7, 11) is 4.28. The van der Waals surface area contributed by atoms with E-state index in [9.17, 15) is 0 Å². The molecule has 1 aliphatic heterocycles. The lowest BCUT2D eigenvalue weighted by atomic mass is 9.90. The first-order chi connectivity index (χ1) is 11.7. The number of likely N-dealkylation sites (N-methyl/N-ethyl adjacent to an activating group) is 1. The zero-order valence-electron chi connectivity index (χ0n) is 14.2. The van der Waals surface area contributed by atoms with Gasteiger partial charge >= 0.3 is 0 Å². The van der Waals surface area contributed by atoms with Crippen LogP contribution in [0.25, 0.3) is 5.57 Å². The Morgan fingerprint density at radius 2 is 1.96 bits per heavy atom. The predicted molar refractivity (Wildman–Crippen MR) is 99.0 cm³/mol. The molecule has 0 saturated carbocycles.